The van der Waals surface area contributed by atoms with Crippen LogP contribution in [0.2, 0.25) is 0 Å². The average Bonchev–Trinajstić information content (AvgIpc) is 2.48. The van der Waals surface area contributed by atoms with E-state index in [2.05, 4.69) is 0 Å². The smallest absolute Gasteiger partial charge is 0.376 e. The quantitative estimate of drug-likeness (QED) is 0.605. The number of nitrogens with one attached hydrogen (secondary N) is 1. The van der Waals surface area contributed by atoms with Crippen LogP contribution in [0.1, 0.15) is 6.42 Å². The Kier molecular flexibility index (Phi) is 4.23. The minimum Gasteiger partial charge on any atom is -0.376 e. The molecule has 15 heavy (non-hydrogen) atoms. The molecule has 9 heteroatoms. The van der Waals surface area contributed by atoms with E-state index < -0.39 is 27.7 Å². The van der Waals surface area contributed by atoms with Crippen molar-refractivity contribution in [3.05, 3.63) is 0 Å². The molecular weight excluding hydrogens is 350 g/mol. The van der Waals surface area contributed by atoms with Gasteiger partial charge in [-0.15, -0.1) is 0 Å². The van der Waals surface area contributed by atoms with E-state index in [1.165, 1.54) is 0 Å². The average molecular weight is 359 g/mol. The number of ether oxygens (including phenoxy) is 1. The Hall–Kier alpha value is 0.390. The van der Waals surface area contributed by atoms with Gasteiger partial charge in [-0.2, -0.15) is 13.2 Å². The van der Waals surface area contributed by atoms with E-state index in [1.807, 2.05) is 22.6 Å². The van der Waals surface area contributed by atoms with E-state index >= 15 is 0 Å². The molecule has 90 valence electrons. The summed E-state index contributed by atoms with van der Waals surface area (Å²) in [6.07, 6.45) is -0.217. The third-order valence-electron chi connectivity index (χ3n) is 1.97. The first-order chi connectivity index (χ1) is 6.78. The molecule has 2 atom stereocenters. The molecule has 1 aliphatic rings. The Labute approximate surface area is 98.7 Å². The van der Waals surface area contributed by atoms with Gasteiger partial charge in [0.15, 0.2) is 0 Å². The Morgan fingerprint density at radius 3 is 2.53 bits per heavy atom. The number of hydrogen-bond acceptors (Lipinski definition) is 3. The Bertz CT molecular complexity index is 318. The predicted octanol–water partition coefficient (Wildman–Crippen LogP) is 1.02. The fourth-order valence-corrected chi connectivity index (χ4v) is 2.87. The monoisotopic (exact) mass is 359 g/mol. The minimum absolute atomic E-state index is 0.267. The minimum atomic E-state index is -5.26. The second kappa shape index (κ2) is 4.72. The predicted molar refractivity (Wildman–Crippen MR) is 55.1 cm³/mol. The molecule has 1 fully saturated rings. The Balaban J connectivity index is 2.70. The largest absolute Gasteiger partial charge is 0.511 e. The highest BCUT2D eigenvalue weighted by molar-refractivity contribution is 14.1. The first-order valence-electron chi connectivity index (χ1n) is 4.04. The fourth-order valence-electron chi connectivity index (χ4n) is 1.20. The molecule has 1 saturated heterocycles. The van der Waals surface area contributed by atoms with Crippen molar-refractivity contribution in [1.29, 1.82) is 0 Å². The Morgan fingerprint density at radius 2 is 2.07 bits per heavy atom. The summed E-state index contributed by atoms with van der Waals surface area (Å²) in [5, 5.41) is 0. The molecule has 0 unspecified atom stereocenters. The van der Waals surface area contributed by atoms with Crippen molar-refractivity contribution in [2.75, 3.05) is 11.0 Å². The van der Waals surface area contributed by atoms with Gasteiger partial charge in [0.2, 0.25) is 0 Å². The number of hydrogen-bond donors (Lipinski definition) is 1. The number of sulfonamides is 1. The van der Waals surface area contributed by atoms with Crippen molar-refractivity contribution < 1.29 is 26.3 Å². The van der Waals surface area contributed by atoms with Gasteiger partial charge in [-0.05, 0) is 6.42 Å². The molecule has 0 aliphatic carbocycles. The summed E-state index contributed by atoms with van der Waals surface area (Å²) in [6.45, 7) is 0.277. The standard InChI is InChI=1S/C6H9F3INO3S/c7-6(8,9)15(12,13)11-4-1-2-14-5(4)3-10/h4-5,11H,1-3H2/t4-,5+/m1/s1. The van der Waals surface area contributed by atoms with E-state index in [-0.39, 0.29) is 13.0 Å². The first kappa shape index (κ1) is 13.5. The van der Waals surface area contributed by atoms with Crippen molar-refractivity contribution >= 4 is 32.6 Å². The van der Waals surface area contributed by atoms with Gasteiger partial charge >= 0.3 is 15.5 Å². The molecule has 0 bridgehead atoms. The lowest BCUT2D eigenvalue weighted by molar-refractivity contribution is -0.0452. The highest BCUT2D eigenvalue weighted by Gasteiger charge is 2.48. The van der Waals surface area contributed by atoms with Gasteiger partial charge in [-0.25, -0.2) is 13.1 Å². The molecule has 0 radical (unpaired) electrons. The molecule has 1 rings (SSSR count). The van der Waals surface area contributed by atoms with E-state index in [4.69, 9.17) is 4.74 Å². The lowest BCUT2D eigenvalue weighted by Gasteiger charge is -2.18. The third-order valence-corrected chi connectivity index (χ3v) is 4.06. The van der Waals surface area contributed by atoms with E-state index in [1.54, 1.807) is 4.72 Å². The third kappa shape index (κ3) is 3.17. The lowest BCUT2D eigenvalue weighted by Crippen LogP contribution is -2.46. The van der Waals surface area contributed by atoms with Crippen molar-refractivity contribution in [1.82, 2.24) is 4.72 Å². The molecule has 0 aromatic carbocycles. The molecular formula is C6H9F3INO3S. The summed E-state index contributed by atoms with van der Waals surface area (Å²) in [5.74, 6) is 0. The van der Waals surface area contributed by atoms with Crippen molar-refractivity contribution in [3.8, 4) is 0 Å². The van der Waals surface area contributed by atoms with Crippen LogP contribution in [0.3, 0.4) is 0 Å². The van der Waals surface area contributed by atoms with Crippen LogP contribution in [-0.4, -0.2) is 37.1 Å². The summed E-state index contributed by atoms with van der Waals surface area (Å²) in [5.41, 5.74) is -5.26. The van der Waals surface area contributed by atoms with E-state index in [0.717, 1.165) is 0 Å². The molecule has 1 aliphatic heterocycles. The molecule has 4 nitrogen and oxygen atoms in total. The Morgan fingerprint density at radius 1 is 1.47 bits per heavy atom. The zero-order valence-electron chi connectivity index (χ0n) is 7.42. The highest BCUT2D eigenvalue weighted by Crippen LogP contribution is 2.24. The molecule has 0 spiro atoms. The fraction of sp³-hybridized carbons (Fsp3) is 1.00. The van der Waals surface area contributed by atoms with Gasteiger partial charge in [0.1, 0.15) is 0 Å². The molecule has 1 N–H and O–H groups in total. The zero-order valence-corrected chi connectivity index (χ0v) is 10.4. The van der Waals surface area contributed by atoms with Crippen LogP contribution in [0.5, 0.6) is 0 Å². The number of rotatable bonds is 3. The second-order valence-corrected chi connectivity index (χ2v) is 5.61. The maximum atomic E-state index is 12.0. The molecule has 0 aromatic heterocycles. The zero-order chi connectivity index (χ0) is 11.7. The van der Waals surface area contributed by atoms with Crippen LogP contribution in [0, 0.1) is 0 Å². The summed E-state index contributed by atoms with van der Waals surface area (Å²) >= 11 is 1.94. The summed E-state index contributed by atoms with van der Waals surface area (Å²) in [4.78, 5) is 0. The highest BCUT2D eigenvalue weighted by atomic mass is 127. The summed E-state index contributed by atoms with van der Waals surface area (Å²) < 4.78 is 64.8. The van der Waals surface area contributed by atoms with Crippen LogP contribution in [0.4, 0.5) is 13.2 Å². The van der Waals surface area contributed by atoms with Gasteiger partial charge in [0.25, 0.3) is 0 Å². The number of alkyl halides is 4. The van der Waals surface area contributed by atoms with Crippen LogP contribution in [0.25, 0.3) is 0 Å². The normalized spacial score (nSPS) is 28.3. The first-order valence-corrected chi connectivity index (χ1v) is 7.05. The SMILES string of the molecule is O=S(=O)(N[C@@H]1CCO[C@H]1CI)C(F)(F)F. The van der Waals surface area contributed by atoms with Crippen LogP contribution in [0.15, 0.2) is 0 Å². The van der Waals surface area contributed by atoms with E-state index in [9.17, 15) is 21.6 Å². The van der Waals surface area contributed by atoms with Crippen molar-refractivity contribution in [2.24, 2.45) is 0 Å². The van der Waals surface area contributed by atoms with Gasteiger partial charge in [0, 0.05) is 11.0 Å². The van der Waals surface area contributed by atoms with Gasteiger partial charge < -0.3 is 4.74 Å². The molecule has 0 amide bonds. The maximum Gasteiger partial charge on any atom is 0.511 e. The van der Waals surface area contributed by atoms with Crippen LogP contribution < -0.4 is 4.72 Å². The van der Waals surface area contributed by atoms with Crippen molar-refractivity contribution in [3.63, 3.8) is 0 Å². The summed E-state index contributed by atoms with van der Waals surface area (Å²) in [7, 11) is -5.26. The van der Waals surface area contributed by atoms with Crippen LogP contribution in [-0.2, 0) is 14.8 Å². The number of halogens is 4. The topological polar surface area (TPSA) is 55.4 Å². The van der Waals surface area contributed by atoms with E-state index in [0.29, 0.717) is 4.43 Å². The van der Waals surface area contributed by atoms with Gasteiger partial charge in [-0.1, -0.05) is 22.6 Å². The van der Waals surface area contributed by atoms with Crippen molar-refractivity contribution in [2.45, 2.75) is 24.1 Å². The van der Waals surface area contributed by atoms with Gasteiger partial charge in [-0.3, -0.25) is 0 Å². The van der Waals surface area contributed by atoms with Crippen LogP contribution >= 0.6 is 22.6 Å². The van der Waals surface area contributed by atoms with Gasteiger partial charge in [0.05, 0.1) is 12.1 Å². The summed E-state index contributed by atoms with van der Waals surface area (Å²) in [6, 6.07) is -0.784. The molecule has 0 saturated carbocycles. The molecule has 0 aromatic rings. The second-order valence-electron chi connectivity index (χ2n) is 3.03. The molecule has 1 heterocycles. The maximum absolute atomic E-state index is 12.0. The lowest BCUT2D eigenvalue weighted by atomic mass is 10.2.